The van der Waals surface area contributed by atoms with E-state index in [-0.39, 0.29) is 6.54 Å². The number of nitrogens with zero attached hydrogens (tertiary/aromatic N) is 3. The summed E-state index contributed by atoms with van der Waals surface area (Å²) < 4.78 is 1.39. The van der Waals surface area contributed by atoms with Crippen molar-refractivity contribution in [2.45, 2.75) is 26.4 Å². The summed E-state index contributed by atoms with van der Waals surface area (Å²) in [5.41, 5.74) is 0.760. The number of carbonyl (C=O) groups excluding carboxylic acids is 2. The molecular formula is C10H18N6O2. The summed E-state index contributed by atoms with van der Waals surface area (Å²) >= 11 is 0. The summed E-state index contributed by atoms with van der Waals surface area (Å²) in [7, 11) is 1.44. The Labute approximate surface area is 105 Å². The molecule has 0 bridgehead atoms. The van der Waals surface area contributed by atoms with Crippen molar-refractivity contribution in [1.29, 1.82) is 0 Å². The molecule has 8 heteroatoms. The molecule has 100 valence electrons. The predicted molar refractivity (Wildman–Crippen MR) is 64.6 cm³/mol. The molecule has 18 heavy (non-hydrogen) atoms. The van der Waals surface area contributed by atoms with E-state index in [1.165, 1.54) is 11.7 Å². The van der Waals surface area contributed by atoms with Gasteiger partial charge in [-0.05, 0) is 13.0 Å². The van der Waals surface area contributed by atoms with E-state index in [2.05, 4.69) is 33.2 Å². The topological polar surface area (TPSA) is 101 Å². The molecule has 0 spiro atoms. The summed E-state index contributed by atoms with van der Waals surface area (Å²) in [6, 6.07) is -0.537. The largest absolute Gasteiger partial charge is 0.341 e. The van der Waals surface area contributed by atoms with Crippen LogP contribution in [0.4, 0.5) is 4.79 Å². The Kier molecular flexibility index (Phi) is 5.78. The van der Waals surface area contributed by atoms with Crippen LogP contribution in [0.15, 0.2) is 6.20 Å². The van der Waals surface area contributed by atoms with Crippen LogP contribution >= 0.6 is 0 Å². The highest BCUT2D eigenvalue weighted by molar-refractivity contribution is 5.93. The first-order chi connectivity index (χ1) is 8.65. The minimum Gasteiger partial charge on any atom is -0.341 e. The average Bonchev–Trinajstić information content (AvgIpc) is 2.76. The second-order valence-corrected chi connectivity index (χ2v) is 3.71. The maximum atomic E-state index is 11.4. The summed E-state index contributed by atoms with van der Waals surface area (Å²) in [5, 5.41) is 15.3. The minimum atomic E-state index is -0.537. The highest BCUT2D eigenvalue weighted by Crippen LogP contribution is 1.92. The van der Waals surface area contributed by atoms with E-state index in [0.29, 0.717) is 6.54 Å². The Bertz CT molecular complexity index is 403. The minimum absolute atomic E-state index is 0.0335. The van der Waals surface area contributed by atoms with Crippen molar-refractivity contribution in [2.24, 2.45) is 0 Å². The van der Waals surface area contributed by atoms with Gasteiger partial charge >= 0.3 is 6.03 Å². The molecule has 0 radical (unpaired) electrons. The Balaban J connectivity index is 2.38. The molecule has 0 saturated carbocycles. The van der Waals surface area contributed by atoms with Gasteiger partial charge < -0.3 is 10.6 Å². The maximum absolute atomic E-state index is 11.4. The van der Waals surface area contributed by atoms with Crippen molar-refractivity contribution in [3.05, 3.63) is 11.9 Å². The van der Waals surface area contributed by atoms with Crippen molar-refractivity contribution in [1.82, 2.24) is 30.9 Å². The highest BCUT2D eigenvalue weighted by atomic mass is 16.2. The number of nitrogens with one attached hydrogen (secondary N) is 3. The molecule has 8 nitrogen and oxygen atoms in total. The Morgan fingerprint density at radius 2 is 2.22 bits per heavy atom. The Morgan fingerprint density at radius 3 is 2.89 bits per heavy atom. The molecule has 0 fully saturated rings. The lowest BCUT2D eigenvalue weighted by Gasteiger charge is -2.02. The molecule has 1 heterocycles. The van der Waals surface area contributed by atoms with E-state index in [1.54, 1.807) is 6.20 Å². The van der Waals surface area contributed by atoms with Gasteiger partial charge in [-0.1, -0.05) is 12.1 Å². The van der Waals surface area contributed by atoms with Gasteiger partial charge in [0.15, 0.2) is 0 Å². The molecule has 1 aromatic heterocycles. The Hall–Kier alpha value is -1.96. The van der Waals surface area contributed by atoms with Crippen LogP contribution in [0.5, 0.6) is 0 Å². The number of aromatic nitrogens is 3. The van der Waals surface area contributed by atoms with Crippen LogP contribution in [0, 0.1) is 0 Å². The highest BCUT2D eigenvalue weighted by Gasteiger charge is 2.08. The number of amides is 3. The van der Waals surface area contributed by atoms with Gasteiger partial charge in [0.1, 0.15) is 6.54 Å². The zero-order valence-corrected chi connectivity index (χ0v) is 10.6. The smallest absolute Gasteiger partial charge is 0.321 e. The monoisotopic (exact) mass is 254 g/mol. The molecule has 0 atom stereocenters. The fraction of sp³-hybridized carbons (Fsp3) is 0.600. The van der Waals surface area contributed by atoms with Gasteiger partial charge in [-0.2, -0.15) is 0 Å². The van der Waals surface area contributed by atoms with Gasteiger partial charge in [0.25, 0.3) is 0 Å². The first kappa shape index (κ1) is 14.1. The van der Waals surface area contributed by atoms with Gasteiger partial charge in [-0.25, -0.2) is 9.48 Å². The van der Waals surface area contributed by atoms with Gasteiger partial charge in [0, 0.05) is 13.6 Å². The van der Waals surface area contributed by atoms with Crippen LogP contribution < -0.4 is 16.0 Å². The van der Waals surface area contributed by atoms with E-state index in [4.69, 9.17) is 0 Å². The summed E-state index contributed by atoms with van der Waals surface area (Å²) in [6.45, 7) is 3.57. The van der Waals surface area contributed by atoms with Gasteiger partial charge in [-0.3, -0.25) is 10.1 Å². The molecule has 1 aromatic rings. The lowest BCUT2D eigenvalue weighted by atomic mass is 10.4. The zero-order chi connectivity index (χ0) is 13.4. The SMILES string of the molecule is CCCNCc1cn(CC(=O)NC(=O)NC)nn1. The third-order valence-electron chi connectivity index (χ3n) is 2.10. The number of rotatable bonds is 6. The van der Waals surface area contributed by atoms with E-state index in [9.17, 15) is 9.59 Å². The molecule has 0 aliphatic carbocycles. The van der Waals surface area contributed by atoms with Crippen LogP contribution in [-0.4, -0.2) is 40.5 Å². The third kappa shape index (κ3) is 4.91. The lowest BCUT2D eigenvalue weighted by Crippen LogP contribution is -2.39. The van der Waals surface area contributed by atoms with Crippen molar-refractivity contribution in [2.75, 3.05) is 13.6 Å². The standard InChI is InChI=1S/C10H18N6O2/c1-3-4-12-5-8-6-16(15-14-8)7-9(17)13-10(18)11-2/h6,12H,3-5,7H2,1-2H3,(H2,11,13,17,18). The van der Waals surface area contributed by atoms with Gasteiger partial charge in [0.05, 0.1) is 11.9 Å². The molecule has 3 N–H and O–H groups in total. The summed E-state index contributed by atoms with van der Waals surface area (Å²) in [5.74, 6) is -0.438. The van der Waals surface area contributed by atoms with Crippen LogP contribution in [0.2, 0.25) is 0 Å². The van der Waals surface area contributed by atoms with Gasteiger partial charge in [0.2, 0.25) is 5.91 Å². The Morgan fingerprint density at radius 1 is 1.44 bits per heavy atom. The first-order valence-electron chi connectivity index (χ1n) is 5.77. The van der Waals surface area contributed by atoms with Crippen molar-refractivity contribution in [3.63, 3.8) is 0 Å². The van der Waals surface area contributed by atoms with Crippen molar-refractivity contribution in [3.8, 4) is 0 Å². The van der Waals surface area contributed by atoms with Crippen molar-refractivity contribution >= 4 is 11.9 Å². The fourth-order valence-corrected chi connectivity index (χ4v) is 1.27. The number of hydrogen-bond donors (Lipinski definition) is 3. The third-order valence-corrected chi connectivity index (χ3v) is 2.10. The quantitative estimate of drug-likeness (QED) is 0.579. The van der Waals surface area contributed by atoms with Crippen LogP contribution in [-0.2, 0) is 17.9 Å². The molecule has 0 unspecified atom stereocenters. The van der Waals surface area contributed by atoms with E-state index < -0.39 is 11.9 Å². The van der Waals surface area contributed by atoms with E-state index >= 15 is 0 Å². The van der Waals surface area contributed by atoms with E-state index in [0.717, 1.165) is 18.7 Å². The molecule has 0 saturated heterocycles. The van der Waals surface area contributed by atoms with Crippen LogP contribution in [0.1, 0.15) is 19.0 Å². The normalized spacial score (nSPS) is 10.1. The first-order valence-corrected chi connectivity index (χ1v) is 5.77. The average molecular weight is 254 g/mol. The number of imide groups is 1. The molecule has 3 amide bonds. The zero-order valence-electron chi connectivity index (χ0n) is 10.6. The molecule has 1 rings (SSSR count). The van der Waals surface area contributed by atoms with Crippen LogP contribution in [0.25, 0.3) is 0 Å². The number of hydrogen-bond acceptors (Lipinski definition) is 5. The second-order valence-electron chi connectivity index (χ2n) is 3.71. The van der Waals surface area contributed by atoms with E-state index in [1.807, 2.05) is 0 Å². The molecule has 0 aliphatic heterocycles. The maximum Gasteiger partial charge on any atom is 0.321 e. The molecular weight excluding hydrogens is 236 g/mol. The van der Waals surface area contributed by atoms with Crippen molar-refractivity contribution < 1.29 is 9.59 Å². The van der Waals surface area contributed by atoms with Gasteiger partial charge in [-0.15, -0.1) is 5.10 Å². The van der Waals surface area contributed by atoms with Crippen LogP contribution in [0.3, 0.4) is 0 Å². The number of carbonyl (C=O) groups is 2. The fourth-order valence-electron chi connectivity index (χ4n) is 1.27. The lowest BCUT2D eigenvalue weighted by molar-refractivity contribution is -0.120. The summed E-state index contributed by atoms with van der Waals surface area (Å²) in [4.78, 5) is 22.3. The second kappa shape index (κ2) is 7.38. The molecule has 0 aliphatic rings. The number of urea groups is 1. The predicted octanol–water partition coefficient (Wildman–Crippen LogP) is -0.767. The summed E-state index contributed by atoms with van der Waals surface area (Å²) in [6.07, 6.45) is 2.72. The molecule has 0 aromatic carbocycles.